The van der Waals surface area contributed by atoms with Gasteiger partial charge in [0.1, 0.15) is 6.04 Å². The highest BCUT2D eigenvalue weighted by atomic mass is 16.5. The van der Waals surface area contributed by atoms with Gasteiger partial charge in [-0.1, -0.05) is 0 Å². The summed E-state index contributed by atoms with van der Waals surface area (Å²) in [6.07, 6.45) is 3.77. The van der Waals surface area contributed by atoms with E-state index in [2.05, 4.69) is 49.7 Å². The smallest absolute Gasteiger partial charge is 0.323 e. The van der Waals surface area contributed by atoms with Crippen LogP contribution in [0.3, 0.4) is 0 Å². The Kier molecular flexibility index (Phi) is 6.39. The highest BCUT2D eigenvalue weighted by Gasteiger charge is 2.48. The van der Waals surface area contributed by atoms with E-state index in [1.165, 1.54) is 7.11 Å². The van der Waals surface area contributed by atoms with E-state index in [4.69, 9.17) is 4.74 Å². The molecule has 2 aliphatic rings. The Bertz CT molecular complexity index is 527. The van der Waals surface area contributed by atoms with Gasteiger partial charge in [0.15, 0.2) is 0 Å². The van der Waals surface area contributed by atoms with Gasteiger partial charge in [0.2, 0.25) is 5.91 Å². The fourth-order valence-electron chi connectivity index (χ4n) is 4.96. The Labute approximate surface area is 158 Å². The van der Waals surface area contributed by atoms with Gasteiger partial charge >= 0.3 is 5.97 Å². The molecule has 150 valence electrons. The molecule has 0 spiro atoms. The summed E-state index contributed by atoms with van der Waals surface area (Å²) in [7, 11) is 3.18. The lowest BCUT2D eigenvalue weighted by molar-refractivity contribution is -0.148. The first-order chi connectivity index (χ1) is 12.0. The molecule has 3 atom stereocenters. The minimum atomic E-state index is -0.159. The van der Waals surface area contributed by atoms with Crippen molar-refractivity contribution in [2.45, 2.75) is 83.5 Å². The maximum atomic E-state index is 12.7. The zero-order chi connectivity index (χ0) is 19.7. The molecule has 0 aromatic rings. The second-order valence-electron chi connectivity index (χ2n) is 9.36. The number of esters is 1. The van der Waals surface area contributed by atoms with Crippen LogP contribution in [0.5, 0.6) is 0 Å². The van der Waals surface area contributed by atoms with Gasteiger partial charge in [-0.25, -0.2) is 0 Å². The van der Waals surface area contributed by atoms with Gasteiger partial charge in [0.25, 0.3) is 0 Å². The van der Waals surface area contributed by atoms with Crippen LogP contribution >= 0.6 is 0 Å². The third-order valence-corrected chi connectivity index (χ3v) is 6.17. The standard InChI is InChI=1S/C20H37N3O3/c1-19(2,3)23-12-10-14(16(23)17(24)21-6)13-20(4,5)22-11-8-9-15(22)18(25)26-7/h14-16H,8-13H2,1-7H3,(H,21,24)/t14?,15-,16+/m1/s1. The monoisotopic (exact) mass is 367 g/mol. The van der Waals surface area contributed by atoms with Crippen molar-refractivity contribution in [3.05, 3.63) is 0 Å². The summed E-state index contributed by atoms with van der Waals surface area (Å²) >= 11 is 0. The molecule has 6 nitrogen and oxygen atoms in total. The molecule has 2 aliphatic heterocycles. The quantitative estimate of drug-likeness (QED) is 0.754. The molecule has 2 rings (SSSR count). The molecule has 2 saturated heterocycles. The number of nitrogens with one attached hydrogen (secondary N) is 1. The molecule has 2 fully saturated rings. The lowest BCUT2D eigenvalue weighted by atomic mass is 9.83. The number of hydrogen-bond acceptors (Lipinski definition) is 5. The van der Waals surface area contributed by atoms with Crippen molar-refractivity contribution in [1.82, 2.24) is 15.1 Å². The van der Waals surface area contributed by atoms with Crippen molar-refractivity contribution < 1.29 is 14.3 Å². The van der Waals surface area contributed by atoms with E-state index in [1.807, 2.05) is 0 Å². The predicted octanol–water partition coefficient (Wildman–Crippen LogP) is 2.03. The minimum absolute atomic E-state index is 0.0434. The minimum Gasteiger partial charge on any atom is -0.468 e. The van der Waals surface area contributed by atoms with Gasteiger partial charge < -0.3 is 10.1 Å². The summed E-state index contributed by atoms with van der Waals surface area (Å²) in [5.74, 6) is 0.244. The number of likely N-dealkylation sites (tertiary alicyclic amines) is 2. The fourth-order valence-corrected chi connectivity index (χ4v) is 4.96. The SMILES string of the molecule is CNC(=O)[C@@H]1C(CC(C)(C)N2CCC[C@@H]2C(=O)OC)CCN1C(C)(C)C. The van der Waals surface area contributed by atoms with Crippen molar-refractivity contribution in [3.8, 4) is 0 Å². The number of ether oxygens (including phenoxy) is 1. The summed E-state index contributed by atoms with van der Waals surface area (Å²) in [5, 5.41) is 2.86. The van der Waals surface area contributed by atoms with Crippen molar-refractivity contribution in [3.63, 3.8) is 0 Å². The molecule has 1 unspecified atom stereocenters. The van der Waals surface area contributed by atoms with Crippen LogP contribution in [0.15, 0.2) is 0 Å². The summed E-state index contributed by atoms with van der Waals surface area (Å²) in [4.78, 5) is 29.5. The molecule has 26 heavy (non-hydrogen) atoms. The van der Waals surface area contributed by atoms with E-state index in [1.54, 1.807) is 7.05 Å². The Morgan fingerprint density at radius 3 is 2.27 bits per heavy atom. The number of methoxy groups -OCH3 is 1. The first-order valence-corrected chi connectivity index (χ1v) is 9.86. The number of nitrogens with zero attached hydrogens (tertiary/aromatic N) is 2. The molecule has 0 radical (unpaired) electrons. The molecular formula is C20H37N3O3. The average Bonchev–Trinajstić information content (AvgIpc) is 3.19. The summed E-state index contributed by atoms with van der Waals surface area (Å²) in [6.45, 7) is 12.8. The molecule has 1 N–H and O–H groups in total. The Hall–Kier alpha value is -1.14. The van der Waals surface area contributed by atoms with Crippen molar-refractivity contribution in [1.29, 1.82) is 0 Å². The van der Waals surface area contributed by atoms with Crippen LogP contribution in [0.2, 0.25) is 0 Å². The lowest BCUT2D eigenvalue weighted by Crippen LogP contribution is -2.55. The molecular weight excluding hydrogens is 330 g/mol. The molecule has 0 bridgehead atoms. The number of hydrogen-bond donors (Lipinski definition) is 1. The molecule has 0 aromatic carbocycles. The average molecular weight is 368 g/mol. The number of carbonyl (C=O) groups excluding carboxylic acids is 2. The Balaban J connectivity index is 2.19. The van der Waals surface area contributed by atoms with E-state index in [-0.39, 0.29) is 41.0 Å². The maximum absolute atomic E-state index is 12.7. The molecule has 0 aliphatic carbocycles. The summed E-state index contributed by atoms with van der Waals surface area (Å²) in [6, 6.07) is -0.271. The van der Waals surface area contributed by atoms with E-state index in [0.717, 1.165) is 38.8 Å². The van der Waals surface area contributed by atoms with E-state index >= 15 is 0 Å². The summed E-state index contributed by atoms with van der Waals surface area (Å²) < 4.78 is 5.02. The molecule has 0 aromatic heterocycles. The van der Waals surface area contributed by atoms with Crippen LogP contribution in [-0.2, 0) is 14.3 Å². The van der Waals surface area contributed by atoms with Crippen LogP contribution < -0.4 is 5.32 Å². The molecule has 1 amide bonds. The van der Waals surface area contributed by atoms with Crippen LogP contribution in [0, 0.1) is 5.92 Å². The van der Waals surface area contributed by atoms with Crippen molar-refractivity contribution >= 4 is 11.9 Å². The Morgan fingerprint density at radius 2 is 1.73 bits per heavy atom. The third kappa shape index (κ3) is 4.22. The zero-order valence-electron chi connectivity index (χ0n) is 17.6. The number of likely N-dealkylation sites (N-methyl/N-ethyl adjacent to an activating group) is 1. The second kappa shape index (κ2) is 7.85. The highest BCUT2D eigenvalue weighted by Crippen LogP contribution is 2.39. The Morgan fingerprint density at radius 1 is 1.08 bits per heavy atom. The van der Waals surface area contributed by atoms with Gasteiger partial charge in [-0.15, -0.1) is 0 Å². The maximum Gasteiger partial charge on any atom is 0.323 e. The highest BCUT2D eigenvalue weighted by molar-refractivity contribution is 5.82. The van der Waals surface area contributed by atoms with Gasteiger partial charge in [0.05, 0.1) is 13.2 Å². The van der Waals surface area contributed by atoms with E-state index < -0.39 is 0 Å². The predicted molar refractivity (Wildman–Crippen MR) is 103 cm³/mol. The van der Waals surface area contributed by atoms with Gasteiger partial charge in [-0.2, -0.15) is 0 Å². The zero-order valence-corrected chi connectivity index (χ0v) is 17.6. The first-order valence-electron chi connectivity index (χ1n) is 9.86. The van der Waals surface area contributed by atoms with E-state index in [0.29, 0.717) is 0 Å². The van der Waals surface area contributed by atoms with Gasteiger partial charge in [-0.05, 0) is 79.3 Å². The van der Waals surface area contributed by atoms with E-state index in [9.17, 15) is 9.59 Å². The van der Waals surface area contributed by atoms with Crippen molar-refractivity contribution in [2.24, 2.45) is 5.92 Å². The molecule has 6 heteroatoms. The van der Waals surface area contributed by atoms with Gasteiger partial charge in [-0.3, -0.25) is 19.4 Å². The molecule has 0 saturated carbocycles. The van der Waals surface area contributed by atoms with Crippen molar-refractivity contribution in [2.75, 3.05) is 27.2 Å². The molecule has 2 heterocycles. The number of rotatable bonds is 5. The lowest BCUT2D eigenvalue weighted by Gasteiger charge is -2.42. The van der Waals surface area contributed by atoms with Gasteiger partial charge in [0, 0.05) is 18.1 Å². The largest absolute Gasteiger partial charge is 0.468 e. The summed E-state index contributed by atoms with van der Waals surface area (Å²) in [5.41, 5.74) is -0.196. The normalized spacial score (nSPS) is 28.3. The van der Waals surface area contributed by atoms with Crippen LogP contribution in [0.4, 0.5) is 0 Å². The third-order valence-electron chi connectivity index (χ3n) is 6.17. The number of amides is 1. The van der Waals surface area contributed by atoms with Crippen LogP contribution in [0.1, 0.15) is 60.3 Å². The first kappa shape index (κ1) is 21.2. The van der Waals surface area contributed by atoms with Crippen LogP contribution in [-0.4, -0.2) is 72.1 Å². The second-order valence-corrected chi connectivity index (χ2v) is 9.36. The fraction of sp³-hybridized carbons (Fsp3) is 0.900. The number of carbonyl (C=O) groups is 2. The van der Waals surface area contributed by atoms with Crippen LogP contribution in [0.25, 0.3) is 0 Å². The topological polar surface area (TPSA) is 61.9 Å².